The van der Waals surface area contributed by atoms with Crippen LogP contribution in [0.25, 0.3) is 6.08 Å². The highest BCUT2D eigenvalue weighted by Gasteiger charge is 2.31. The van der Waals surface area contributed by atoms with Crippen molar-refractivity contribution in [1.29, 1.82) is 0 Å². The van der Waals surface area contributed by atoms with Gasteiger partial charge in [-0.2, -0.15) is 0 Å². The summed E-state index contributed by atoms with van der Waals surface area (Å²) in [4.78, 5) is 30.0. The third-order valence-electron chi connectivity index (χ3n) is 3.55. The van der Waals surface area contributed by atoms with Crippen molar-refractivity contribution < 1.29 is 14.3 Å². The van der Waals surface area contributed by atoms with E-state index < -0.39 is 0 Å². The Morgan fingerprint density at radius 3 is 2.82 bits per heavy atom. The number of aliphatic imine (C=N–C) groups is 1. The van der Waals surface area contributed by atoms with Gasteiger partial charge in [-0.25, -0.2) is 9.79 Å². The summed E-state index contributed by atoms with van der Waals surface area (Å²) in [5.74, 6) is 0.589. The Kier molecular flexibility index (Phi) is 4.29. The number of methoxy groups -OCH3 is 1. The molecule has 2 heterocycles. The van der Waals surface area contributed by atoms with Crippen molar-refractivity contribution in [3.05, 3.63) is 41.1 Å². The highest BCUT2D eigenvalue weighted by atomic mass is 32.2. The molecule has 0 aromatic heterocycles. The largest absolute Gasteiger partial charge is 0.465 e. The molecule has 0 N–H and O–H groups in total. The number of carbonyl (C=O) groups excluding carboxylic acids is 2. The van der Waals surface area contributed by atoms with Crippen LogP contribution in [0, 0.1) is 0 Å². The molecule has 0 atom stereocenters. The zero-order chi connectivity index (χ0) is 15.5. The predicted octanol–water partition coefficient (Wildman–Crippen LogP) is 2.54. The van der Waals surface area contributed by atoms with Crippen molar-refractivity contribution in [1.82, 2.24) is 4.90 Å². The summed E-state index contributed by atoms with van der Waals surface area (Å²) < 4.78 is 4.66. The summed E-state index contributed by atoms with van der Waals surface area (Å²) in [7, 11) is 1.35. The molecule has 2 aliphatic rings. The summed E-state index contributed by atoms with van der Waals surface area (Å²) in [6.45, 7) is 0.739. The molecule has 0 unspecified atom stereocenters. The fourth-order valence-corrected chi connectivity index (χ4v) is 3.39. The summed E-state index contributed by atoms with van der Waals surface area (Å²) >= 11 is 1.64. The summed E-state index contributed by atoms with van der Waals surface area (Å²) in [5, 5.41) is 0.805. The van der Waals surface area contributed by atoms with Crippen molar-refractivity contribution >= 4 is 34.9 Å². The van der Waals surface area contributed by atoms with E-state index in [0.717, 1.165) is 35.9 Å². The molecule has 0 spiro atoms. The zero-order valence-corrected chi connectivity index (χ0v) is 13.1. The van der Waals surface area contributed by atoms with E-state index in [2.05, 4.69) is 9.73 Å². The second-order valence-electron chi connectivity index (χ2n) is 5.05. The first-order valence-electron chi connectivity index (χ1n) is 7.12. The minimum absolute atomic E-state index is 0.0403. The van der Waals surface area contributed by atoms with Gasteiger partial charge in [0.1, 0.15) is 5.70 Å². The van der Waals surface area contributed by atoms with Gasteiger partial charge in [-0.1, -0.05) is 23.9 Å². The fraction of sp³-hybridized carbons (Fsp3) is 0.312. The van der Waals surface area contributed by atoms with Crippen LogP contribution in [0.5, 0.6) is 0 Å². The molecule has 22 heavy (non-hydrogen) atoms. The quantitative estimate of drug-likeness (QED) is 0.621. The molecule has 1 aromatic rings. The number of benzene rings is 1. The normalized spacial score (nSPS) is 19.7. The highest BCUT2D eigenvalue weighted by Crippen LogP contribution is 2.27. The molecule has 3 rings (SSSR count). The minimum Gasteiger partial charge on any atom is -0.465 e. The van der Waals surface area contributed by atoms with Crippen LogP contribution < -0.4 is 0 Å². The van der Waals surface area contributed by atoms with Crippen molar-refractivity contribution in [3.8, 4) is 0 Å². The van der Waals surface area contributed by atoms with Crippen molar-refractivity contribution in [2.45, 2.75) is 12.8 Å². The first-order valence-corrected chi connectivity index (χ1v) is 8.11. The molecule has 0 aliphatic carbocycles. The van der Waals surface area contributed by atoms with Crippen LogP contribution in [0.15, 0.2) is 35.0 Å². The second-order valence-corrected chi connectivity index (χ2v) is 6.11. The van der Waals surface area contributed by atoms with Crippen LogP contribution >= 0.6 is 11.8 Å². The van der Waals surface area contributed by atoms with E-state index in [1.165, 1.54) is 7.11 Å². The maximum atomic E-state index is 12.4. The number of ether oxygens (including phenoxy) is 1. The van der Waals surface area contributed by atoms with Crippen molar-refractivity contribution in [3.63, 3.8) is 0 Å². The number of hydrogen-bond donors (Lipinski definition) is 0. The molecule has 6 heteroatoms. The Bertz CT molecular complexity index is 664. The molecule has 114 valence electrons. The molecule has 0 bridgehead atoms. The molecule has 0 saturated carbocycles. The molecule has 1 amide bonds. The molecular weight excluding hydrogens is 300 g/mol. The van der Waals surface area contributed by atoms with E-state index in [4.69, 9.17) is 0 Å². The van der Waals surface area contributed by atoms with Gasteiger partial charge >= 0.3 is 5.97 Å². The van der Waals surface area contributed by atoms with E-state index in [1.54, 1.807) is 47.0 Å². The molecule has 1 aromatic carbocycles. The lowest BCUT2D eigenvalue weighted by Crippen LogP contribution is -2.30. The average Bonchev–Trinajstić information content (AvgIpc) is 2.71. The van der Waals surface area contributed by atoms with Gasteiger partial charge in [0.2, 0.25) is 0 Å². The van der Waals surface area contributed by atoms with Crippen LogP contribution in [0.1, 0.15) is 28.8 Å². The fourth-order valence-electron chi connectivity index (χ4n) is 2.36. The van der Waals surface area contributed by atoms with Gasteiger partial charge in [0.15, 0.2) is 5.17 Å². The summed E-state index contributed by atoms with van der Waals surface area (Å²) in [6, 6.07) is 6.92. The zero-order valence-electron chi connectivity index (χ0n) is 12.2. The van der Waals surface area contributed by atoms with Gasteiger partial charge in [0, 0.05) is 12.3 Å². The molecular formula is C16H16N2O3S. The van der Waals surface area contributed by atoms with Crippen LogP contribution in [-0.2, 0) is 9.53 Å². The summed E-state index contributed by atoms with van der Waals surface area (Å²) in [6.07, 6.45) is 3.88. The minimum atomic E-state index is -0.374. The van der Waals surface area contributed by atoms with E-state index in [0.29, 0.717) is 11.3 Å². The van der Waals surface area contributed by atoms with Gasteiger partial charge < -0.3 is 4.74 Å². The average molecular weight is 316 g/mol. The first kappa shape index (κ1) is 14.8. The Morgan fingerprint density at radius 1 is 1.32 bits per heavy atom. The number of esters is 1. The number of carbonyl (C=O) groups is 2. The lowest BCUT2D eigenvalue weighted by Gasteiger charge is -2.13. The number of fused-ring (bicyclic) bond motifs is 1. The van der Waals surface area contributed by atoms with Gasteiger partial charge in [0.05, 0.1) is 12.7 Å². The summed E-state index contributed by atoms with van der Waals surface area (Å²) in [5.41, 5.74) is 1.77. The maximum Gasteiger partial charge on any atom is 0.337 e. The number of nitrogens with zero attached hydrogens (tertiary/aromatic N) is 2. The Morgan fingerprint density at radius 2 is 2.09 bits per heavy atom. The Balaban J connectivity index is 1.83. The van der Waals surface area contributed by atoms with E-state index >= 15 is 0 Å². The number of hydrogen-bond acceptors (Lipinski definition) is 5. The maximum absolute atomic E-state index is 12.4. The molecule has 1 fully saturated rings. The Hall–Kier alpha value is -2.08. The predicted molar refractivity (Wildman–Crippen MR) is 86.6 cm³/mol. The van der Waals surface area contributed by atoms with Crippen LogP contribution in [0.4, 0.5) is 0 Å². The second kappa shape index (κ2) is 6.36. The monoisotopic (exact) mass is 316 g/mol. The Labute approximate surface area is 133 Å². The van der Waals surface area contributed by atoms with Gasteiger partial charge in [-0.05, 0) is 36.6 Å². The number of amidine groups is 1. The lowest BCUT2D eigenvalue weighted by molar-refractivity contribution is -0.122. The SMILES string of the molecule is COC(=O)c1ccc(/C=C2\N=C3SCCCCN3C2=O)cc1. The third-order valence-corrected chi connectivity index (χ3v) is 4.62. The van der Waals surface area contributed by atoms with Crippen LogP contribution in [0.2, 0.25) is 0 Å². The number of thioether (sulfide) groups is 1. The highest BCUT2D eigenvalue weighted by molar-refractivity contribution is 8.13. The van der Waals surface area contributed by atoms with E-state index in [-0.39, 0.29) is 11.9 Å². The smallest absolute Gasteiger partial charge is 0.337 e. The van der Waals surface area contributed by atoms with Gasteiger partial charge in [0.25, 0.3) is 5.91 Å². The van der Waals surface area contributed by atoms with Crippen molar-refractivity contribution in [2.24, 2.45) is 4.99 Å². The van der Waals surface area contributed by atoms with Gasteiger partial charge in [-0.3, -0.25) is 9.69 Å². The van der Waals surface area contributed by atoms with E-state index in [1.807, 2.05) is 0 Å². The number of amides is 1. The van der Waals surface area contributed by atoms with Gasteiger partial charge in [-0.15, -0.1) is 0 Å². The van der Waals surface area contributed by atoms with Crippen molar-refractivity contribution in [2.75, 3.05) is 19.4 Å². The van der Waals surface area contributed by atoms with E-state index in [9.17, 15) is 9.59 Å². The standard InChI is InChI=1S/C16H16N2O3S/c1-21-15(20)12-6-4-11(5-7-12)10-13-14(19)18-8-2-3-9-22-16(18)17-13/h4-7,10H,2-3,8-9H2,1H3/b13-10-. The molecule has 5 nitrogen and oxygen atoms in total. The molecule has 2 aliphatic heterocycles. The van der Waals surface area contributed by atoms with Crippen LogP contribution in [-0.4, -0.2) is 41.4 Å². The van der Waals surface area contributed by atoms with Crippen LogP contribution in [0.3, 0.4) is 0 Å². The number of rotatable bonds is 2. The molecule has 0 radical (unpaired) electrons. The first-order chi connectivity index (χ1) is 10.7. The lowest BCUT2D eigenvalue weighted by atomic mass is 10.1. The molecule has 1 saturated heterocycles. The topological polar surface area (TPSA) is 59.0 Å². The third kappa shape index (κ3) is 2.92.